The quantitative estimate of drug-likeness (QED) is 0.678. The number of rotatable bonds is 5. The Hall–Kier alpha value is -0.610. The van der Waals surface area contributed by atoms with Gasteiger partial charge in [0.2, 0.25) is 5.91 Å². The zero-order chi connectivity index (χ0) is 10.4. The molecule has 1 heterocycles. The van der Waals surface area contributed by atoms with E-state index in [1.54, 1.807) is 0 Å². The largest absolute Gasteiger partial charge is 0.393 e. The number of aliphatic hydroxyl groups is 1. The van der Waals surface area contributed by atoms with Crippen LogP contribution < -0.4 is 5.32 Å². The van der Waals surface area contributed by atoms with Crippen LogP contribution in [0.5, 0.6) is 0 Å². The fourth-order valence-electron chi connectivity index (χ4n) is 1.46. The second kappa shape index (κ2) is 5.98. The fourth-order valence-corrected chi connectivity index (χ4v) is 1.46. The molecule has 0 bridgehead atoms. The lowest BCUT2D eigenvalue weighted by molar-refractivity contribution is -0.130. The van der Waals surface area contributed by atoms with Crippen LogP contribution in [-0.2, 0) is 9.53 Å². The minimum absolute atomic E-state index is 0.0363. The summed E-state index contributed by atoms with van der Waals surface area (Å²) in [5.74, 6) is -0.0363. The Morgan fingerprint density at radius 1 is 1.71 bits per heavy atom. The maximum Gasteiger partial charge on any atom is 0.249 e. The molecule has 1 saturated heterocycles. The Labute approximate surface area is 84.6 Å². The number of aliphatic hydroxyl groups excluding tert-OH is 1. The van der Waals surface area contributed by atoms with Crippen LogP contribution in [0.2, 0.25) is 0 Å². The van der Waals surface area contributed by atoms with E-state index in [0.717, 1.165) is 19.3 Å². The summed E-state index contributed by atoms with van der Waals surface area (Å²) >= 11 is 0. The van der Waals surface area contributed by atoms with Crippen LogP contribution in [0.25, 0.3) is 0 Å². The van der Waals surface area contributed by atoms with Crippen molar-refractivity contribution in [3.8, 4) is 0 Å². The number of hydrogen-bond donors (Lipinski definition) is 2. The van der Waals surface area contributed by atoms with Gasteiger partial charge in [-0.05, 0) is 25.7 Å². The molecule has 2 N–H and O–H groups in total. The van der Waals surface area contributed by atoms with Crippen LogP contribution in [0.15, 0.2) is 0 Å². The van der Waals surface area contributed by atoms with Gasteiger partial charge in [0.15, 0.2) is 0 Å². The molecule has 0 aromatic carbocycles. The molecule has 82 valence electrons. The summed E-state index contributed by atoms with van der Waals surface area (Å²) in [6.45, 7) is 3.15. The van der Waals surface area contributed by atoms with Crippen molar-refractivity contribution in [2.24, 2.45) is 0 Å². The smallest absolute Gasteiger partial charge is 0.249 e. The van der Waals surface area contributed by atoms with E-state index in [1.165, 1.54) is 0 Å². The average molecular weight is 201 g/mol. The third-order valence-electron chi connectivity index (χ3n) is 2.47. The van der Waals surface area contributed by atoms with Gasteiger partial charge in [0.1, 0.15) is 6.10 Å². The third kappa shape index (κ3) is 3.64. The summed E-state index contributed by atoms with van der Waals surface area (Å²) in [7, 11) is 0. The molecular formula is C10H19NO3. The highest BCUT2D eigenvalue weighted by atomic mass is 16.5. The van der Waals surface area contributed by atoms with Crippen molar-refractivity contribution in [1.82, 2.24) is 5.32 Å². The van der Waals surface area contributed by atoms with E-state index in [9.17, 15) is 9.90 Å². The molecule has 0 radical (unpaired) electrons. The Balaban J connectivity index is 2.08. The van der Waals surface area contributed by atoms with Crippen LogP contribution in [0.3, 0.4) is 0 Å². The molecule has 1 aliphatic rings. The van der Waals surface area contributed by atoms with Crippen molar-refractivity contribution < 1.29 is 14.6 Å². The van der Waals surface area contributed by atoms with E-state index in [2.05, 4.69) is 5.32 Å². The summed E-state index contributed by atoms with van der Waals surface area (Å²) < 4.78 is 5.22. The van der Waals surface area contributed by atoms with E-state index in [0.29, 0.717) is 19.6 Å². The second-order valence-electron chi connectivity index (χ2n) is 3.64. The normalized spacial score (nSPS) is 23.4. The molecule has 1 aliphatic heterocycles. The Bertz CT molecular complexity index is 178. The van der Waals surface area contributed by atoms with Crippen LogP contribution in [-0.4, -0.2) is 36.4 Å². The third-order valence-corrected chi connectivity index (χ3v) is 2.47. The Morgan fingerprint density at radius 2 is 2.50 bits per heavy atom. The molecule has 0 aliphatic carbocycles. The molecule has 4 nitrogen and oxygen atoms in total. The van der Waals surface area contributed by atoms with Crippen molar-refractivity contribution in [2.75, 3.05) is 13.2 Å². The van der Waals surface area contributed by atoms with Crippen molar-refractivity contribution >= 4 is 5.91 Å². The molecule has 14 heavy (non-hydrogen) atoms. The van der Waals surface area contributed by atoms with Gasteiger partial charge in [0, 0.05) is 13.2 Å². The standard InChI is InChI=1S/C10H19NO3/c1-2-8(12)5-6-11-10(13)9-4-3-7-14-9/h8-9,12H,2-7H2,1H3,(H,11,13)/t8?,9-/m1/s1. The van der Waals surface area contributed by atoms with Crippen molar-refractivity contribution in [3.05, 3.63) is 0 Å². The van der Waals surface area contributed by atoms with Gasteiger partial charge in [0.05, 0.1) is 6.10 Å². The summed E-state index contributed by atoms with van der Waals surface area (Å²) in [5, 5.41) is 12.0. The topological polar surface area (TPSA) is 58.6 Å². The molecule has 0 spiro atoms. The summed E-state index contributed by atoms with van der Waals surface area (Å²) in [6.07, 6.45) is 2.58. The van der Waals surface area contributed by atoms with Gasteiger partial charge in [0.25, 0.3) is 0 Å². The predicted molar refractivity (Wildman–Crippen MR) is 52.9 cm³/mol. The minimum Gasteiger partial charge on any atom is -0.393 e. The molecule has 2 atom stereocenters. The van der Waals surface area contributed by atoms with Crippen molar-refractivity contribution in [2.45, 2.75) is 44.8 Å². The predicted octanol–water partition coefficient (Wildman–Crippen LogP) is 0.443. The van der Waals surface area contributed by atoms with Crippen LogP contribution >= 0.6 is 0 Å². The van der Waals surface area contributed by atoms with Gasteiger partial charge in [-0.25, -0.2) is 0 Å². The van der Waals surface area contributed by atoms with Crippen LogP contribution in [0.1, 0.15) is 32.6 Å². The van der Waals surface area contributed by atoms with E-state index >= 15 is 0 Å². The lowest BCUT2D eigenvalue weighted by Crippen LogP contribution is -2.35. The Morgan fingerprint density at radius 3 is 3.07 bits per heavy atom. The molecule has 1 rings (SSSR count). The van der Waals surface area contributed by atoms with Gasteiger partial charge < -0.3 is 15.2 Å². The summed E-state index contributed by atoms with van der Waals surface area (Å²) in [6, 6.07) is 0. The highest BCUT2D eigenvalue weighted by Gasteiger charge is 2.22. The molecule has 1 unspecified atom stereocenters. The van der Waals surface area contributed by atoms with Gasteiger partial charge in [-0.1, -0.05) is 6.92 Å². The average Bonchev–Trinajstić information content (AvgIpc) is 2.70. The first kappa shape index (κ1) is 11.5. The zero-order valence-electron chi connectivity index (χ0n) is 8.66. The number of nitrogens with one attached hydrogen (secondary N) is 1. The molecule has 0 saturated carbocycles. The SMILES string of the molecule is CCC(O)CCNC(=O)[C@H]1CCCO1. The number of amides is 1. The van der Waals surface area contributed by atoms with Crippen molar-refractivity contribution in [3.63, 3.8) is 0 Å². The van der Waals surface area contributed by atoms with Crippen LogP contribution in [0, 0.1) is 0 Å². The zero-order valence-corrected chi connectivity index (χ0v) is 8.66. The number of carbonyl (C=O) groups excluding carboxylic acids is 1. The lowest BCUT2D eigenvalue weighted by Gasteiger charge is -2.11. The molecule has 0 aromatic heterocycles. The number of ether oxygens (including phenoxy) is 1. The number of hydrogen-bond acceptors (Lipinski definition) is 3. The highest BCUT2D eigenvalue weighted by Crippen LogP contribution is 2.11. The maximum atomic E-state index is 11.4. The van der Waals surface area contributed by atoms with E-state index in [4.69, 9.17) is 4.74 Å². The highest BCUT2D eigenvalue weighted by molar-refractivity contribution is 5.80. The first-order valence-electron chi connectivity index (χ1n) is 5.31. The van der Waals surface area contributed by atoms with E-state index < -0.39 is 0 Å². The Kier molecular flexibility index (Phi) is 4.90. The molecule has 1 fully saturated rings. The van der Waals surface area contributed by atoms with Crippen LogP contribution in [0.4, 0.5) is 0 Å². The molecule has 1 amide bonds. The maximum absolute atomic E-state index is 11.4. The minimum atomic E-state index is -0.306. The second-order valence-corrected chi connectivity index (χ2v) is 3.64. The van der Waals surface area contributed by atoms with Gasteiger partial charge in [-0.3, -0.25) is 4.79 Å². The van der Waals surface area contributed by atoms with Gasteiger partial charge in [-0.2, -0.15) is 0 Å². The molecule has 0 aromatic rings. The first-order valence-corrected chi connectivity index (χ1v) is 5.31. The number of carbonyl (C=O) groups is 1. The molecular weight excluding hydrogens is 182 g/mol. The monoisotopic (exact) mass is 201 g/mol. The summed E-state index contributed by atoms with van der Waals surface area (Å²) in [5.41, 5.74) is 0. The summed E-state index contributed by atoms with van der Waals surface area (Å²) in [4.78, 5) is 11.4. The van der Waals surface area contributed by atoms with Crippen molar-refractivity contribution in [1.29, 1.82) is 0 Å². The molecule has 4 heteroatoms. The lowest BCUT2D eigenvalue weighted by atomic mass is 10.2. The van der Waals surface area contributed by atoms with Gasteiger partial charge in [-0.15, -0.1) is 0 Å². The first-order chi connectivity index (χ1) is 6.74. The van der Waals surface area contributed by atoms with E-state index in [1.807, 2.05) is 6.92 Å². The van der Waals surface area contributed by atoms with Gasteiger partial charge >= 0.3 is 0 Å². The fraction of sp³-hybridized carbons (Fsp3) is 0.900. The van der Waals surface area contributed by atoms with E-state index in [-0.39, 0.29) is 18.1 Å².